The van der Waals surface area contributed by atoms with Gasteiger partial charge in [0.15, 0.2) is 16.4 Å². The lowest BCUT2D eigenvalue weighted by molar-refractivity contribution is -0.132. The van der Waals surface area contributed by atoms with Crippen molar-refractivity contribution in [1.82, 2.24) is 39.9 Å². The highest BCUT2D eigenvalue weighted by atomic mass is 35.5. The summed E-state index contributed by atoms with van der Waals surface area (Å²) < 4.78 is 41.9. The third kappa shape index (κ3) is 11.8. The van der Waals surface area contributed by atoms with E-state index in [2.05, 4.69) is 61.1 Å². The second-order valence-corrected chi connectivity index (χ2v) is 17.0. The van der Waals surface area contributed by atoms with Gasteiger partial charge < -0.3 is 40.5 Å². The molecule has 2 fully saturated rings. The van der Waals surface area contributed by atoms with Gasteiger partial charge in [0.2, 0.25) is 35.1 Å². The number of hydrogen-bond donors (Lipinski definition) is 5. The molecule has 2 aliphatic carbocycles. The maximum atomic E-state index is 13.1. The second kappa shape index (κ2) is 21.5. The monoisotopic (exact) mass is 1010 g/mol. The molecule has 2 aromatic carbocycles. The second-order valence-electron chi connectivity index (χ2n) is 16.6. The van der Waals surface area contributed by atoms with Crippen molar-refractivity contribution in [3.63, 3.8) is 0 Å². The van der Waals surface area contributed by atoms with Crippen molar-refractivity contribution < 1.29 is 42.2 Å². The summed E-state index contributed by atoms with van der Waals surface area (Å²) in [5.41, 5.74) is 3.29. The molecule has 10 rings (SSSR count). The van der Waals surface area contributed by atoms with Gasteiger partial charge in [-0.25, -0.2) is 38.7 Å². The molecule has 6 aromatic heterocycles. The average molecular weight is 1010 g/mol. The zero-order valence-electron chi connectivity index (χ0n) is 39.3. The molecule has 73 heavy (non-hydrogen) atoms. The number of anilines is 4. The van der Waals surface area contributed by atoms with Gasteiger partial charge >= 0.3 is 0 Å². The first-order valence-corrected chi connectivity index (χ1v) is 22.6. The predicted molar refractivity (Wildman–Crippen MR) is 264 cm³/mol. The van der Waals surface area contributed by atoms with E-state index in [0.717, 1.165) is 11.3 Å². The first-order valence-electron chi connectivity index (χ1n) is 22.2. The Morgan fingerprint density at radius 2 is 1.12 bits per heavy atom. The lowest BCUT2D eigenvalue weighted by Gasteiger charge is -2.15. The summed E-state index contributed by atoms with van der Waals surface area (Å²) in [5.74, 6) is -1.10. The lowest BCUT2D eigenvalue weighted by Crippen LogP contribution is -2.35. The molecular formula is C50H43ClF2N12O8. The summed E-state index contributed by atoms with van der Waals surface area (Å²) in [6.45, 7) is 3.85. The molecule has 6 heterocycles. The van der Waals surface area contributed by atoms with Gasteiger partial charge in [0.1, 0.15) is 40.6 Å². The van der Waals surface area contributed by atoms with Gasteiger partial charge in [-0.15, -0.1) is 0 Å². The molecular weight excluding hydrogens is 970 g/mol. The molecule has 2 aliphatic rings. The minimum absolute atomic E-state index is 0.262. The SMILES string of the molecule is COc1cc2ncnc(Cl)c2nc1OC.Cc1cc2ncnc(Oc3ccc(NC(=O)C4(C(=O)Nc5ccc(F)cc5)CC4)cn3)c2nc1C.O=C(Nc1ccc(F)cc1)C1(C(=O)Nc2ccc(=O)[nH]c2)CC1. The zero-order chi connectivity index (χ0) is 51.9. The van der Waals surface area contributed by atoms with Crippen LogP contribution in [-0.4, -0.2) is 77.7 Å². The summed E-state index contributed by atoms with van der Waals surface area (Å²) in [5, 5.41) is 10.9. The number of benzene rings is 2. The number of pyridine rings is 4. The van der Waals surface area contributed by atoms with Crippen molar-refractivity contribution in [1.29, 1.82) is 0 Å². The number of nitrogens with one attached hydrogen (secondary N) is 5. The summed E-state index contributed by atoms with van der Waals surface area (Å²) in [6.07, 6.45) is 7.30. The first-order chi connectivity index (χ1) is 35.1. The number of aromatic amines is 1. The van der Waals surface area contributed by atoms with Crippen molar-refractivity contribution in [2.75, 3.05) is 35.5 Å². The predicted octanol–water partition coefficient (Wildman–Crippen LogP) is 7.89. The van der Waals surface area contributed by atoms with Gasteiger partial charge in [-0.3, -0.25) is 24.0 Å². The highest BCUT2D eigenvalue weighted by Gasteiger charge is 2.57. The van der Waals surface area contributed by atoms with Crippen LogP contribution in [0.15, 0.2) is 115 Å². The van der Waals surface area contributed by atoms with Crippen LogP contribution in [-0.2, 0) is 19.2 Å². The zero-order valence-corrected chi connectivity index (χ0v) is 40.0. The van der Waals surface area contributed by atoms with Crippen LogP contribution in [0.1, 0.15) is 36.9 Å². The summed E-state index contributed by atoms with van der Waals surface area (Å²) in [6, 6.07) is 20.3. The number of aryl methyl sites for hydroxylation is 2. The average Bonchev–Trinajstić information content (AvgIpc) is 4.34. The van der Waals surface area contributed by atoms with Crippen molar-refractivity contribution in [2.45, 2.75) is 39.5 Å². The minimum Gasteiger partial charge on any atom is -0.491 e. The van der Waals surface area contributed by atoms with E-state index in [9.17, 15) is 32.8 Å². The molecule has 0 atom stereocenters. The van der Waals surface area contributed by atoms with Gasteiger partial charge in [-0.2, -0.15) is 4.98 Å². The van der Waals surface area contributed by atoms with E-state index < -0.39 is 46.1 Å². The molecule has 23 heteroatoms. The third-order valence-corrected chi connectivity index (χ3v) is 11.9. The van der Waals surface area contributed by atoms with Crippen molar-refractivity contribution in [2.24, 2.45) is 10.8 Å². The number of aromatic nitrogens is 8. The maximum absolute atomic E-state index is 13.1. The van der Waals surface area contributed by atoms with Gasteiger partial charge in [0, 0.05) is 41.5 Å². The fourth-order valence-electron chi connectivity index (χ4n) is 6.98. The molecule has 20 nitrogen and oxygen atoms in total. The Labute approximate surface area is 418 Å². The van der Waals surface area contributed by atoms with Crippen LogP contribution >= 0.6 is 11.6 Å². The molecule has 5 N–H and O–H groups in total. The number of nitrogens with zero attached hydrogens (tertiary/aromatic N) is 7. The van der Waals surface area contributed by atoms with Gasteiger partial charge in [-0.05, 0) is 112 Å². The first kappa shape index (κ1) is 50.3. The minimum atomic E-state index is -1.16. The normalized spacial score (nSPS) is 13.4. The molecule has 0 bridgehead atoms. The van der Waals surface area contributed by atoms with Crippen LogP contribution in [0.5, 0.6) is 23.4 Å². The van der Waals surface area contributed by atoms with E-state index in [1.54, 1.807) is 18.2 Å². The molecule has 0 aliphatic heterocycles. The smallest absolute Gasteiger partial charge is 0.257 e. The summed E-state index contributed by atoms with van der Waals surface area (Å²) in [7, 11) is 3.04. The van der Waals surface area contributed by atoms with Gasteiger partial charge in [0.05, 0.1) is 42.8 Å². The number of H-pyrrole nitrogens is 1. The standard InChI is InChI=1S/C25H21FN6O3.C16H14FN3O3.C9H8ClN3O2/c1-14-11-19-21(30-15(14)2)22(29-13-28-19)35-20-8-7-18(12-27-20)32-24(34)25(9-10-25)23(33)31-17-5-3-16(26)4-6-17;17-10-1-3-11(4-2-10)19-14(22)16(7-8-16)15(23)20-12-5-6-13(21)18-9-12;1-14-6-3-5-7(13-9(6)15-2)8(10)12-4-11-5/h3-8,11-13H,9-10H2,1-2H3,(H,31,33)(H,32,34);1-6,9H,7-8H2,(H,18,21)(H,19,22)(H,20,23);3-4H,1-2H3. The number of rotatable bonds is 12. The molecule has 0 spiro atoms. The molecule has 0 unspecified atom stereocenters. The quantitative estimate of drug-likeness (QED) is 0.0575. The number of ether oxygens (including phenoxy) is 3. The summed E-state index contributed by atoms with van der Waals surface area (Å²) >= 11 is 5.87. The number of hydrogen-bond acceptors (Lipinski definition) is 15. The van der Waals surface area contributed by atoms with E-state index in [0.29, 0.717) is 87.3 Å². The largest absolute Gasteiger partial charge is 0.491 e. The fourth-order valence-corrected chi connectivity index (χ4v) is 7.16. The van der Waals surface area contributed by atoms with Crippen LogP contribution in [0.3, 0.4) is 0 Å². The summed E-state index contributed by atoms with van der Waals surface area (Å²) in [4.78, 5) is 92.9. The van der Waals surface area contributed by atoms with Crippen LogP contribution < -0.4 is 41.0 Å². The van der Waals surface area contributed by atoms with Gasteiger partial charge in [-0.1, -0.05) is 11.6 Å². The Bertz CT molecular complexity index is 3410. The molecule has 8 aromatic rings. The maximum Gasteiger partial charge on any atom is 0.257 e. The van der Waals surface area contributed by atoms with E-state index in [4.69, 9.17) is 25.8 Å². The Hall–Kier alpha value is -9.05. The highest BCUT2D eigenvalue weighted by Crippen LogP contribution is 2.48. The Morgan fingerprint density at radius 1 is 0.603 bits per heavy atom. The van der Waals surface area contributed by atoms with Crippen molar-refractivity contribution >= 4 is 80.0 Å². The lowest BCUT2D eigenvalue weighted by atomic mass is 10.0. The number of carbonyl (C=O) groups excluding carboxylic acids is 4. The van der Waals surface area contributed by atoms with Crippen LogP contribution in [0.4, 0.5) is 31.5 Å². The highest BCUT2D eigenvalue weighted by molar-refractivity contribution is 6.33. The van der Waals surface area contributed by atoms with E-state index in [-0.39, 0.29) is 17.3 Å². The molecule has 2 saturated carbocycles. The van der Waals surface area contributed by atoms with Gasteiger partial charge in [0.25, 0.3) is 11.8 Å². The topological polar surface area (TPSA) is 267 Å². The number of methoxy groups -OCH3 is 2. The van der Waals surface area contributed by atoms with Crippen LogP contribution in [0.2, 0.25) is 5.15 Å². The van der Waals surface area contributed by atoms with Crippen molar-refractivity contribution in [3.8, 4) is 23.4 Å². The van der Waals surface area contributed by atoms with Crippen LogP contribution in [0, 0.1) is 36.3 Å². The Morgan fingerprint density at radius 3 is 1.63 bits per heavy atom. The fraction of sp³-hybridized carbons (Fsp3) is 0.200. The number of fused-ring (bicyclic) bond motifs is 2. The molecule has 372 valence electrons. The number of amides is 4. The Balaban J connectivity index is 0.000000160. The number of carbonyl (C=O) groups is 4. The third-order valence-electron chi connectivity index (χ3n) is 11.6. The van der Waals surface area contributed by atoms with E-state index in [1.807, 2.05) is 19.9 Å². The molecule has 4 amide bonds. The van der Waals surface area contributed by atoms with E-state index in [1.165, 1.54) is 99.9 Å². The Kier molecular flexibility index (Phi) is 14.8. The number of halogens is 3. The molecule has 0 saturated heterocycles. The van der Waals surface area contributed by atoms with Crippen molar-refractivity contribution in [3.05, 3.63) is 148 Å². The van der Waals surface area contributed by atoms with Crippen LogP contribution in [0.25, 0.3) is 22.1 Å². The molecule has 0 radical (unpaired) electrons. The van der Waals surface area contributed by atoms with E-state index >= 15 is 0 Å².